The lowest BCUT2D eigenvalue weighted by molar-refractivity contribution is -0.0273. The summed E-state index contributed by atoms with van der Waals surface area (Å²) in [5.74, 6) is 0.684. The molecular weight excluding hydrogens is 252 g/mol. The van der Waals surface area contributed by atoms with Crippen molar-refractivity contribution in [3.8, 4) is 0 Å². The predicted octanol–water partition coefficient (Wildman–Crippen LogP) is 1.49. The number of ether oxygens (including phenoxy) is 1. The van der Waals surface area contributed by atoms with Gasteiger partial charge >= 0.3 is 0 Å². The second-order valence-electron chi connectivity index (χ2n) is 7.64. The first kappa shape index (κ1) is 16.2. The number of hydrogen-bond acceptors (Lipinski definition) is 4. The molecule has 2 heterocycles. The summed E-state index contributed by atoms with van der Waals surface area (Å²) in [6, 6.07) is 0. The molecule has 118 valence electrons. The third-order valence-electron chi connectivity index (χ3n) is 4.55. The first-order valence-electron chi connectivity index (χ1n) is 8.14. The Hall–Kier alpha value is -0.160. The Morgan fingerprint density at radius 3 is 2.70 bits per heavy atom. The Labute approximate surface area is 123 Å². The van der Waals surface area contributed by atoms with Gasteiger partial charge < -0.3 is 15.2 Å². The summed E-state index contributed by atoms with van der Waals surface area (Å²) in [5.41, 5.74) is -0.268. The van der Waals surface area contributed by atoms with Crippen molar-refractivity contribution in [1.29, 1.82) is 0 Å². The molecule has 0 spiro atoms. The van der Waals surface area contributed by atoms with Crippen molar-refractivity contribution < 1.29 is 9.84 Å². The summed E-state index contributed by atoms with van der Waals surface area (Å²) in [6.45, 7) is 13.2. The van der Waals surface area contributed by atoms with E-state index in [0.29, 0.717) is 5.92 Å². The highest BCUT2D eigenvalue weighted by Gasteiger charge is 2.39. The molecule has 0 radical (unpaired) electrons. The van der Waals surface area contributed by atoms with Gasteiger partial charge in [0.2, 0.25) is 0 Å². The van der Waals surface area contributed by atoms with Gasteiger partial charge in [0.25, 0.3) is 0 Å². The average molecular weight is 284 g/mol. The van der Waals surface area contributed by atoms with Crippen molar-refractivity contribution in [2.45, 2.75) is 45.6 Å². The van der Waals surface area contributed by atoms with Crippen LogP contribution in [0.25, 0.3) is 0 Å². The van der Waals surface area contributed by atoms with E-state index < -0.39 is 5.60 Å². The van der Waals surface area contributed by atoms with Gasteiger partial charge in [-0.2, -0.15) is 0 Å². The molecule has 2 fully saturated rings. The largest absolute Gasteiger partial charge is 0.389 e. The Kier molecular flexibility index (Phi) is 5.46. The molecule has 0 aromatic carbocycles. The number of nitrogens with zero attached hydrogens (tertiary/aromatic N) is 1. The fraction of sp³-hybridized carbons (Fsp3) is 1.00. The molecule has 2 saturated heterocycles. The van der Waals surface area contributed by atoms with E-state index in [1.54, 1.807) is 0 Å². The molecule has 2 unspecified atom stereocenters. The van der Waals surface area contributed by atoms with E-state index in [0.717, 1.165) is 58.8 Å². The van der Waals surface area contributed by atoms with Gasteiger partial charge in [-0.05, 0) is 38.6 Å². The summed E-state index contributed by atoms with van der Waals surface area (Å²) < 4.78 is 5.78. The molecule has 4 nitrogen and oxygen atoms in total. The third kappa shape index (κ3) is 4.69. The zero-order valence-electron chi connectivity index (χ0n) is 13.5. The molecule has 0 aliphatic carbocycles. The van der Waals surface area contributed by atoms with Crippen molar-refractivity contribution in [3.05, 3.63) is 0 Å². The molecule has 2 aliphatic rings. The molecule has 2 aliphatic heterocycles. The van der Waals surface area contributed by atoms with Crippen molar-refractivity contribution >= 4 is 0 Å². The van der Waals surface area contributed by atoms with E-state index in [2.05, 4.69) is 24.1 Å². The number of nitrogens with one attached hydrogen (secondary N) is 1. The topological polar surface area (TPSA) is 44.7 Å². The van der Waals surface area contributed by atoms with Crippen LogP contribution in [0.4, 0.5) is 0 Å². The number of likely N-dealkylation sites (tertiary alicyclic amines) is 1. The van der Waals surface area contributed by atoms with Crippen molar-refractivity contribution in [2.24, 2.45) is 11.3 Å². The third-order valence-corrected chi connectivity index (χ3v) is 4.55. The van der Waals surface area contributed by atoms with E-state index in [4.69, 9.17) is 4.74 Å². The highest BCUT2D eigenvalue weighted by molar-refractivity contribution is 4.93. The number of rotatable bonds is 6. The van der Waals surface area contributed by atoms with E-state index in [9.17, 15) is 5.11 Å². The van der Waals surface area contributed by atoms with Crippen LogP contribution in [0.15, 0.2) is 0 Å². The summed E-state index contributed by atoms with van der Waals surface area (Å²) in [6.07, 6.45) is 3.29. The first-order valence-corrected chi connectivity index (χ1v) is 8.14. The fourth-order valence-electron chi connectivity index (χ4n) is 3.50. The molecule has 2 atom stereocenters. The van der Waals surface area contributed by atoms with Crippen LogP contribution in [0.1, 0.15) is 40.0 Å². The summed E-state index contributed by atoms with van der Waals surface area (Å²) in [7, 11) is 0. The molecule has 2 N–H and O–H groups in total. The molecule has 2 rings (SSSR count). The number of β-amino-alcohol motifs (C(OH)–C–C–N with tert-alkyl or cyclic N) is 1. The molecule has 0 aromatic rings. The summed E-state index contributed by atoms with van der Waals surface area (Å²) in [4.78, 5) is 2.42. The van der Waals surface area contributed by atoms with E-state index in [1.807, 2.05) is 6.92 Å². The Morgan fingerprint density at radius 1 is 1.35 bits per heavy atom. The van der Waals surface area contributed by atoms with Gasteiger partial charge in [0, 0.05) is 38.2 Å². The molecule has 0 saturated carbocycles. The molecule has 0 aromatic heterocycles. The second kappa shape index (κ2) is 6.73. The first-order chi connectivity index (χ1) is 9.41. The Morgan fingerprint density at radius 2 is 2.15 bits per heavy atom. The Balaban J connectivity index is 1.89. The van der Waals surface area contributed by atoms with Crippen molar-refractivity contribution in [2.75, 3.05) is 45.9 Å². The number of aliphatic hydroxyl groups is 1. The highest BCUT2D eigenvalue weighted by atomic mass is 16.5. The van der Waals surface area contributed by atoms with E-state index >= 15 is 0 Å². The van der Waals surface area contributed by atoms with Gasteiger partial charge in [0.15, 0.2) is 0 Å². The van der Waals surface area contributed by atoms with E-state index in [-0.39, 0.29) is 5.41 Å². The SMILES string of the molecule is CC(C)CNCC1(CN2CCC(C)(O)C2)CCCOC1. The summed E-state index contributed by atoms with van der Waals surface area (Å²) in [5, 5.41) is 13.8. The minimum atomic E-state index is -0.498. The van der Waals surface area contributed by atoms with E-state index in [1.165, 1.54) is 6.42 Å². The fourth-order valence-corrected chi connectivity index (χ4v) is 3.50. The lowest BCUT2D eigenvalue weighted by atomic mass is 9.81. The van der Waals surface area contributed by atoms with Crippen LogP contribution >= 0.6 is 0 Å². The normalized spacial score (nSPS) is 35.9. The molecule has 0 bridgehead atoms. The quantitative estimate of drug-likeness (QED) is 0.775. The average Bonchev–Trinajstić information content (AvgIpc) is 2.69. The van der Waals surface area contributed by atoms with Crippen LogP contribution in [0.2, 0.25) is 0 Å². The second-order valence-corrected chi connectivity index (χ2v) is 7.64. The Bertz CT molecular complexity index is 299. The molecule has 4 heteroatoms. The number of hydrogen-bond donors (Lipinski definition) is 2. The van der Waals surface area contributed by atoms with Gasteiger partial charge in [0.1, 0.15) is 0 Å². The smallest absolute Gasteiger partial charge is 0.0758 e. The van der Waals surface area contributed by atoms with Gasteiger partial charge in [-0.1, -0.05) is 13.8 Å². The lowest BCUT2D eigenvalue weighted by Gasteiger charge is -2.40. The van der Waals surface area contributed by atoms with Crippen molar-refractivity contribution in [3.63, 3.8) is 0 Å². The van der Waals surface area contributed by atoms with Crippen LogP contribution in [-0.2, 0) is 4.74 Å². The standard InChI is InChI=1S/C16H32N2O2/c1-14(2)9-17-10-16(5-4-8-20-13-16)12-18-7-6-15(3,19)11-18/h14,17,19H,4-13H2,1-3H3. The minimum absolute atomic E-state index is 0.230. The highest BCUT2D eigenvalue weighted by Crippen LogP contribution is 2.32. The summed E-state index contributed by atoms with van der Waals surface area (Å²) >= 11 is 0. The maximum absolute atomic E-state index is 10.1. The van der Waals surface area contributed by atoms with Crippen LogP contribution in [0.3, 0.4) is 0 Å². The van der Waals surface area contributed by atoms with Gasteiger partial charge in [-0.25, -0.2) is 0 Å². The van der Waals surface area contributed by atoms with Crippen LogP contribution in [0, 0.1) is 11.3 Å². The maximum Gasteiger partial charge on any atom is 0.0758 e. The van der Waals surface area contributed by atoms with Crippen LogP contribution < -0.4 is 5.32 Å². The molecule has 0 amide bonds. The molecule has 20 heavy (non-hydrogen) atoms. The van der Waals surface area contributed by atoms with Crippen LogP contribution in [0.5, 0.6) is 0 Å². The van der Waals surface area contributed by atoms with Crippen molar-refractivity contribution in [1.82, 2.24) is 10.2 Å². The maximum atomic E-state index is 10.1. The van der Waals surface area contributed by atoms with Crippen LogP contribution in [-0.4, -0.2) is 61.5 Å². The van der Waals surface area contributed by atoms with Gasteiger partial charge in [-0.3, -0.25) is 4.90 Å². The van der Waals surface area contributed by atoms with Gasteiger partial charge in [-0.15, -0.1) is 0 Å². The van der Waals surface area contributed by atoms with Gasteiger partial charge in [0.05, 0.1) is 12.2 Å². The predicted molar refractivity (Wildman–Crippen MR) is 81.9 cm³/mol. The minimum Gasteiger partial charge on any atom is -0.389 e. The molecular formula is C16H32N2O2. The zero-order chi connectivity index (χ0) is 14.6. The lowest BCUT2D eigenvalue weighted by Crippen LogP contribution is -2.49. The monoisotopic (exact) mass is 284 g/mol. The zero-order valence-corrected chi connectivity index (χ0v) is 13.5.